The lowest BCUT2D eigenvalue weighted by atomic mass is 10.0. The van der Waals surface area contributed by atoms with Gasteiger partial charge >= 0.3 is 18.3 Å². The molecule has 0 saturated carbocycles. The van der Waals surface area contributed by atoms with Gasteiger partial charge in [-0.25, -0.2) is 4.79 Å². The van der Waals surface area contributed by atoms with E-state index in [1.807, 2.05) is 5.92 Å². The van der Waals surface area contributed by atoms with Crippen LogP contribution in [0.3, 0.4) is 0 Å². The van der Waals surface area contributed by atoms with Crippen LogP contribution in [-0.4, -0.2) is 12.6 Å². The molecule has 8 heteroatoms. The molecule has 1 aromatic rings. The van der Waals surface area contributed by atoms with Crippen molar-refractivity contribution in [3.05, 3.63) is 34.9 Å². The number of terminal acetylenes is 1. The van der Waals surface area contributed by atoms with Gasteiger partial charge in [0.15, 0.2) is 6.61 Å². The molecule has 0 aliphatic rings. The van der Waals surface area contributed by atoms with Crippen LogP contribution in [0.2, 0.25) is 0 Å². The topological polar surface area (TPSA) is 26.3 Å². The lowest BCUT2D eigenvalue weighted by Crippen LogP contribution is -2.14. The molecule has 0 heterocycles. The summed E-state index contributed by atoms with van der Waals surface area (Å²) in [6, 6.07) is 0.458. The van der Waals surface area contributed by atoms with E-state index < -0.39 is 41.6 Å². The Hall–Kier alpha value is -2.17. The van der Waals surface area contributed by atoms with Crippen LogP contribution in [0.1, 0.15) is 21.5 Å². The summed E-state index contributed by atoms with van der Waals surface area (Å²) < 4.78 is 79.3. The fourth-order valence-corrected chi connectivity index (χ4v) is 1.26. The second-order valence-electron chi connectivity index (χ2n) is 3.57. The second kappa shape index (κ2) is 5.45. The van der Waals surface area contributed by atoms with E-state index in [9.17, 15) is 31.1 Å². The van der Waals surface area contributed by atoms with Gasteiger partial charge in [-0.2, -0.15) is 26.3 Å². The number of carbonyl (C=O) groups is 1. The first kappa shape index (κ1) is 15.9. The van der Waals surface area contributed by atoms with Gasteiger partial charge in [0, 0.05) is 0 Å². The molecule has 0 bridgehead atoms. The molecule has 20 heavy (non-hydrogen) atoms. The molecule has 0 aliphatic carbocycles. The Kier molecular flexibility index (Phi) is 4.33. The molecule has 0 unspecified atom stereocenters. The molecule has 0 spiro atoms. The molecule has 0 aromatic heterocycles. The molecule has 0 atom stereocenters. The van der Waals surface area contributed by atoms with Crippen LogP contribution in [-0.2, 0) is 17.1 Å². The van der Waals surface area contributed by atoms with Crippen molar-refractivity contribution in [3.8, 4) is 12.3 Å². The summed E-state index contributed by atoms with van der Waals surface area (Å²) in [6.07, 6.45) is -5.28. The summed E-state index contributed by atoms with van der Waals surface area (Å²) in [5, 5.41) is 0. The highest BCUT2D eigenvalue weighted by molar-refractivity contribution is 5.90. The van der Waals surface area contributed by atoms with Gasteiger partial charge in [0.25, 0.3) is 0 Å². The zero-order valence-corrected chi connectivity index (χ0v) is 9.60. The SMILES string of the molecule is C#CCOC(=O)c1cc(C(F)(F)F)cc(C(F)(F)F)c1. The standard InChI is InChI=1S/C12H6F6O2/c1-2-3-20-10(19)7-4-8(11(13,14)15)6-9(5-7)12(16,17)18/h1,4-6H,3H2. The largest absolute Gasteiger partial charge is 0.449 e. The zero-order chi connectivity index (χ0) is 15.6. The van der Waals surface area contributed by atoms with Gasteiger partial charge in [-0.1, -0.05) is 5.92 Å². The number of carbonyl (C=O) groups excluding carboxylic acids is 1. The number of hydrogen-bond donors (Lipinski definition) is 0. The van der Waals surface area contributed by atoms with E-state index in [1.54, 1.807) is 0 Å². The maximum absolute atomic E-state index is 12.5. The summed E-state index contributed by atoms with van der Waals surface area (Å²) in [5.41, 5.74) is -4.07. The molecular formula is C12H6F6O2. The van der Waals surface area contributed by atoms with Gasteiger partial charge in [-0.3, -0.25) is 0 Å². The first-order chi connectivity index (χ1) is 9.05. The van der Waals surface area contributed by atoms with E-state index in [0.717, 1.165) is 0 Å². The maximum Gasteiger partial charge on any atom is 0.416 e. The van der Waals surface area contributed by atoms with Crippen molar-refractivity contribution in [1.82, 2.24) is 0 Å². The van der Waals surface area contributed by atoms with Gasteiger partial charge in [-0.05, 0) is 18.2 Å². The van der Waals surface area contributed by atoms with E-state index in [2.05, 4.69) is 4.74 Å². The van der Waals surface area contributed by atoms with Crippen molar-refractivity contribution in [2.24, 2.45) is 0 Å². The smallest absolute Gasteiger partial charge is 0.416 e. The molecule has 0 radical (unpaired) electrons. The Labute approximate surface area is 109 Å². The summed E-state index contributed by atoms with van der Waals surface area (Å²) in [5.74, 6) is 0.509. The number of alkyl halides is 6. The Morgan fingerprint density at radius 1 is 1.05 bits per heavy atom. The lowest BCUT2D eigenvalue weighted by molar-refractivity contribution is -0.143. The van der Waals surface area contributed by atoms with E-state index >= 15 is 0 Å². The van der Waals surface area contributed by atoms with Gasteiger partial charge in [-0.15, -0.1) is 6.42 Å². The molecule has 1 aromatic carbocycles. The first-order valence-electron chi connectivity index (χ1n) is 4.96. The van der Waals surface area contributed by atoms with Crippen molar-refractivity contribution in [3.63, 3.8) is 0 Å². The zero-order valence-electron chi connectivity index (χ0n) is 9.60. The van der Waals surface area contributed by atoms with Crippen molar-refractivity contribution in [2.75, 3.05) is 6.61 Å². The number of esters is 1. The van der Waals surface area contributed by atoms with Crippen LogP contribution in [0.25, 0.3) is 0 Å². The van der Waals surface area contributed by atoms with E-state index in [4.69, 9.17) is 6.42 Å². The highest BCUT2D eigenvalue weighted by atomic mass is 19.4. The predicted octanol–water partition coefficient (Wildman–Crippen LogP) is 3.51. The Balaban J connectivity index is 3.32. The third-order valence-electron chi connectivity index (χ3n) is 2.11. The molecule has 0 fully saturated rings. The van der Waals surface area contributed by atoms with Gasteiger partial charge in [0.05, 0.1) is 16.7 Å². The molecule has 1 rings (SSSR count). The van der Waals surface area contributed by atoms with Crippen molar-refractivity contribution >= 4 is 5.97 Å². The van der Waals surface area contributed by atoms with Gasteiger partial charge in [0.2, 0.25) is 0 Å². The Bertz CT molecular complexity index is 518. The lowest BCUT2D eigenvalue weighted by Gasteiger charge is -2.13. The number of ether oxygens (including phenoxy) is 1. The summed E-state index contributed by atoms with van der Waals surface area (Å²) >= 11 is 0. The fourth-order valence-electron chi connectivity index (χ4n) is 1.26. The third-order valence-corrected chi connectivity index (χ3v) is 2.11. The molecule has 0 N–H and O–H groups in total. The summed E-state index contributed by atoms with van der Waals surface area (Å²) in [4.78, 5) is 11.3. The minimum Gasteiger partial charge on any atom is -0.449 e. The van der Waals surface area contributed by atoms with Crippen LogP contribution >= 0.6 is 0 Å². The van der Waals surface area contributed by atoms with Gasteiger partial charge < -0.3 is 4.74 Å². The first-order valence-corrected chi connectivity index (χ1v) is 4.96. The summed E-state index contributed by atoms with van der Waals surface area (Å²) in [6.45, 7) is -0.559. The van der Waals surface area contributed by atoms with Crippen molar-refractivity contribution < 1.29 is 35.9 Å². The van der Waals surface area contributed by atoms with Crippen LogP contribution in [0.5, 0.6) is 0 Å². The minimum atomic E-state index is -5.03. The van der Waals surface area contributed by atoms with Crippen molar-refractivity contribution in [1.29, 1.82) is 0 Å². The molecule has 2 nitrogen and oxygen atoms in total. The van der Waals surface area contributed by atoms with E-state index in [0.29, 0.717) is 0 Å². The fraction of sp³-hybridized carbons (Fsp3) is 0.250. The second-order valence-corrected chi connectivity index (χ2v) is 3.57. The number of halogens is 6. The molecular weight excluding hydrogens is 290 g/mol. The molecule has 0 amide bonds. The average Bonchev–Trinajstić information content (AvgIpc) is 2.33. The monoisotopic (exact) mass is 296 g/mol. The Morgan fingerprint density at radius 3 is 1.85 bits per heavy atom. The van der Waals surface area contributed by atoms with E-state index in [-0.39, 0.29) is 18.2 Å². The van der Waals surface area contributed by atoms with Gasteiger partial charge in [0.1, 0.15) is 0 Å². The normalized spacial score (nSPS) is 11.8. The molecule has 108 valence electrons. The number of hydrogen-bond acceptors (Lipinski definition) is 2. The van der Waals surface area contributed by atoms with Crippen LogP contribution in [0.15, 0.2) is 18.2 Å². The van der Waals surface area contributed by atoms with Crippen LogP contribution in [0, 0.1) is 12.3 Å². The van der Waals surface area contributed by atoms with Crippen molar-refractivity contribution in [2.45, 2.75) is 12.4 Å². The maximum atomic E-state index is 12.5. The Morgan fingerprint density at radius 2 is 1.50 bits per heavy atom. The minimum absolute atomic E-state index is 0.0854. The third kappa shape index (κ3) is 3.91. The number of benzene rings is 1. The number of rotatable bonds is 2. The van der Waals surface area contributed by atoms with Crippen LogP contribution < -0.4 is 0 Å². The predicted molar refractivity (Wildman–Crippen MR) is 55.6 cm³/mol. The summed E-state index contributed by atoms with van der Waals surface area (Å²) in [7, 11) is 0. The highest BCUT2D eigenvalue weighted by Gasteiger charge is 2.37. The molecule has 0 saturated heterocycles. The van der Waals surface area contributed by atoms with Crippen LogP contribution in [0.4, 0.5) is 26.3 Å². The molecule has 0 aliphatic heterocycles. The van der Waals surface area contributed by atoms with E-state index in [1.165, 1.54) is 0 Å². The highest BCUT2D eigenvalue weighted by Crippen LogP contribution is 2.36. The quantitative estimate of drug-likeness (QED) is 0.474. The average molecular weight is 296 g/mol.